The smallest absolute Gasteiger partial charge is 0.256 e. The molecule has 1 amide bonds. The van der Waals surface area contributed by atoms with Gasteiger partial charge in [0.05, 0.1) is 12.7 Å². The molecular weight excluding hydrogens is 266 g/mol. The van der Waals surface area contributed by atoms with E-state index in [1.165, 1.54) is 0 Å². The van der Waals surface area contributed by atoms with Crippen LogP contribution in [0.3, 0.4) is 0 Å². The van der Waals surface area contributed by atoms with E-state index in [0.717, 1.165) is 5.56 Å². The average molecular weight is 285 g/mol. The predicted molar refractivity (Wildman–Crippen MR) is 82.1 cm³/mol. The second-order valence-corrected chi connectivity index (χ2v) is 4.63. The molecule has 5 nitrogen and oxygen atoms in total. The maximum absolute atomic E-state index is 12.6. The van der Waals surface area contributed by atoms with Gasteiger partial charge in [0.25, 0.3) is 5.91 Å². The number of hydrogen-bond acceptors (Lipinski definition) is 4. The summed E-state index contributed by atoms with van der Waals surface area (Å²) in [4.78, 5) is 18.4. The molecule has 0 aliphatic carbocycles. The van der Waals surface area contributed by atoms with Gasteiger partial charge < -0.3 is 15.4 Å². The Labute approximate surface area is 124 Å². The van der Waals surface area contributed by atoms with Gasteiger partial charge in [-0.3, -0.25) is 9.78 Å². The summed E-state index contributed by atoms with van der Waals surface area (Å²) < 4.78 is 5.16. The number of amides is 1. The number of nitrogens with two attached hydrogens (primary N) is 1. The van der Waals surface area contributed by atoms with E-state index in [1.54, 1.807) is 42.6 Å². The number of benzene rings is 1. The summed E-state index contributed by atoms with van der Waals surface area (Å²) in [6.07, 6.45) is 3.43. The molecule has 2 rings (SSSR count). The molecule has 0 saturated carbocycles. The number of aromatic nitrogens is 1. The molecule has 0 fully saturated rings. The van der Waals surface area contributed by atoms with Crippen LogP contribution < -0.4 is 10.5 Å². The average Bonchev–Trinajstić information content (AvgIpc) is 2.53. The Morgan fingerprint density at radius 3 is 2.62 bits per heavy atom. The van der Waals surface area contributed by atoms with Gasteiger partial charge in [-0.1, -0.05) is 0 Å². The van der Waals surface area contributed by atoms with Gasteiger partial charge in [0.1, 0.15) is 5.75 Å². The number of methoxy groups -OCH3 is 1. The van der Waals surface area contributed by atoms with Gasteiger partial charge in [-0.15, -0.1) is 0 Å². The third kappa shape index (κ3) is 3.51. The number of nitrogens with zero attached hydrogens (tertiary/aromatic N) is 2. The van der Waals surface area contributed by atoms with Crippen LogP contribution in [0.1, 0.15) is 22.8 Å². The summed E-state index contributed by atoms with van der Waals surface area (Å²) in [6, 6.07) is 8.89. The second kappa shape index (κ2) is 6.74. The van der Waals surface area contributed by atoms with E-state index < -0.39 is 0 Å². The maximum Gasteiger partial charge on any atom is 0.256 e. The molecule has 0 aliphatic heterocycles. The number of rotatable bonds is 5. The normalized spacial score (nSPS) is 10.2. The molecule has 0 unspecified atom stereocenters. The zero-order chi connectivity index (χ0) is 15.2. The largest absolute Gasteiger partial charge is 0.497 e. The van der Waals surface area contributed by atoms with Crippen molar-refractivity contribution in [3.63, 3.8) is 0 Å². The number of carbonyl (C=O) groups excluding carboxylic acids is 1. The molecule has 0 radical (unpaired) electrons. The molecular formula is C16H19N3O2. The highest BCUT2D eigenvalue weighted by atomic mass is 16.5. The summed E-state index contributed by atoms with van der Waals surface area (Å²) in [7, 11) is 1.56. The number of nitrogen functional groups attached to an aromatic ring is 1. The molecule has 1 aromatic heterocycles. The van der Waals surface area contributed by atoms with Gasteiger partial charge in [-0.25, -0.2) is 0 Å². The Bertz CT molecular complexity index is 614. The highest BCUT2D eigenvalue weighted by Gasteiger charge is 2.17. The Morgan fingerprint density at radius 2 is 2.00 bits per heavy atom. The predicted octanol–water partition coefficient (Wildman–Crippen LogP) is 2.33. The lowest BCUT2D eigenvalue weighted by Crippen LogP contribution is -2.30. The first-order chi connectivity index (χ1) is 10.2. The van der Waals surface area contributed by atoms with E-state index in [9.17, 15) is 4.79 Å². The fourth-order valence-corrected chi connectivity index (χ4v) is 2.05. The summed E-state index contributed by atoms with van der Waals surface area (Å²) in [5.74, 6) is 0.512. The first kappa shape index (κ1) is 14.8. The lowest BCUT2D eigenvalue weighted by Gasteiger charge is -2.22. The Kier molecular flexibility index (Phi) is 4.77. The fraction of sp³-hybridized carbons (Fsp3) is 0.250. The van der Waals surface area contributed by atoms with Gasteiger partial charge in [0, 0.05) is 31.2 Å². The lowest BCUT2D eigenvalue weighted by molar-refractivity contribution is 0.0753. The number of carbonyl (C=O) groups is 1. The maximum atomic E-state index is 12.6. The number of ether oxygens (including phenoxy) is 1. The Morgan fingerprint density at radius 1 is 1.29 bits per heavy atom. The van der Waals surface area contributed by atoms with Crippen LogP contribution in [0, 0.1) is 0 Å². The van der Waals surface area contributed by atoms with E-state index in [1.807, 2.05) is 19.1 Å². The minimum absolute atomic E-state index is 0.106. The first-order valence-corrected chi connectivity index (χ1v) is 6.77. The van der Waals surface area contributed by atoms with E-state index in [4.69, 9.17) is 10.5 Å². The van der Waals surface area contributed by atoms with Crippen LogP contribution >= 0.6 is 0 Å². The monoisotopic (exact) mass is 285 g/mol. The van der Waals surface area contributed by atoms with Crippen LogP contribution in [0.25, 0.3) is 0 Å². The van der Waals surface area contributed by atoms with Gasteiger partial charge in [-0.05, 0) is 42.8 Å². The van der Waals surface area contributed by atoms with Crippen molar-refractivity contribution in [1.29, 1.82) is 0 Å². The highest BCUT2D eigenvalue weighted by Crippen LogP contribution is 2.21. The summed E-state index contributed by atoms with van der Waals surface area (Å²) >= 11 is 0. The lowest BCUT2D eigenvalue weighted by atomic mass is 10.1. The minimum atomic E-state index is -0.106. The van der Waals surface area contributed by atoms with Crippen molar-refractivity contribution in [2.75, 3.05) is 19.4 Å². The SMILES string of the molecule is CCN(Cc1ccncc1)C(=O)c1cc(OC)ccc1N. The molecule has 0 aliphatic rings. The van der Waals surface area contributed by atoms with Crippen molar-refractivity contribution < 1.29 is 9.53 Å². The van der Waals surface area contributed by atoms with Gasteiger partial charge >= 0.3 is 0 Å². The molecule has 5 heteroatoms. The van der Waals surface area contributed by atoms with E-state index in [-0.39, 0.29) is 5.91 Å². The molecule has 1 heterocycles. The van der Waals surface area contributed by atoms with Gasteiger partial charge in [0.15, 0.2) is 0 Å². The van der Waals surface area contributed by atoms with E-state index in [2.05, 4.69) is 4.98 Å². The summed E-state index contributed by atoms with van der Waals surface area (Å²) in [6.45, 7) is 3.06. The molecule has 0 atom stereocenters. The standard InChI is InChI=1S/C16H19N3O2/c1-3-19(11-12-6-8-18-9-7-12)16(20)14-10-13(21-2)4-5-15(14)17/h4-10H,3,11,17H2,1-2H3. The van der Waals surface area contributed by atoms with Crippen molar-refractivity contribution in [2.45, 2.75) is 13.5 Å². The molecule has 110 valence electrons. The van der Waals surface area contributed by atoms with Crippen LogP contribution in [0.2, 0.25) is 0 Å². The number of pyridine rings is 1. The third-order valence-corrected chi connectivity index (χ3v) is 3.28. The van der Waals surface area contributed by atoms with Crippen molar-refractivity contribution >= 4 is 11.6 Å². The van der Waals surface area contributed by atoms with Crippen molar-refractivity contribution in [2.24, 2.45) is 0 Å². The first-order valence-electron chi connectivity index (χ1n) is 6.77. The summed E-state index contributed by atoms with van der Waals surface area (Å²) in [5.41, 5.74) is 7.86. The Hall–Kier alpha value is -2.56. The van der Waals surface area contributed by atoms with Crippen LogP contribution in [-0.4, -0.2) is 29.4 Å². The molecule has 2 aromatic rings. The van der Waals surface area contributed by atoms with Crippen LogP contribution in [-0.2, 0) is 6.54 Å². The van der Waals surface area contributed by atoms with Gasteiger partial charge in [0.2, 0.25) is 0 Å². The molecule has 0 bridgehead atoms. The fourth-order valence-electron chi connectivity index (χ4n) is 2.05. The van der Waals surface area contributed by atoms with Crippen molar-refractivity contribution in [3.8, 4) is 5.75 Å². The van der Waals surface area contributed by atoms with Gasteiger partial charge in [-0.2, -0.15) is 0 Å². The topological polar surface area (TPSA) is 68.5 Å². The molecule has 0 saturated heterocycles. The second-order valence-electron chi connectivity index (χ2n) is 4.63. The minimum Gasteiger partial charge on any atom is -0.497 e. The van der Waals surface area contributed by atoms with Crippen LogP contribution in [0.5, 0.6) is 5.75 Å². The molecule has 0 spiro atoms. The zero-order valence-electron chi connectivity index (χ0n) is 12.2. The van der Waals surface area contributed by atoms with E-state index >= 15 is 0 Å². The molecule has 1 aromatic carbocycles. The zero-order valence-corrected chi connectivity index (χ0v) is 12.2. The van der Waals surface area contributed by atoms with Crippen LogP contribution in [0.15, 0.2) is 42.7 Å². The van der Waals surface area contributed by atoms with Crippen LogP contribution in [0.4, 0.5) is 5.69 Å². The van der Waals surface area contributed by atoms with Crippen molar-refractivity contribution in [1.82, 2.24) is 9.88 Å². The summed E-state index contributed by atoms with van der Waals surface area (Å²) in [5, 5.41) is 0. The third-order valence-electron chi connectivity index (χ3n) is 3.28. The van der Waals surface area contributed by atoms with E-state index in [0.29, 0.717) is 30.1 Å². The quantitative estimate of drug-likeness (QED) is 0.856. The van der Waals surface area contributed by atoms with Crippen molar-refractivity contribution in [3.05, 3.63) is 53.9 Å². The number of hydrogen-bond donors (Lipinski definition) is 1. The highest BCUT2D eigenvalue weighted by molar-refractivity contribution is 5.99. The Balaban J connectivity index is 2.24. The number of anilines is 1. The molecule has 2 N–H and O–H groups in total. The molecule has 21 heavy (non-hydrogen) atoms.